The Morgan fingerprint density at radius 2 is 1.92 bits per heavy atom. The summed E-state index contributed by atoms with van der Waals surface area (Å²) in [4.78, 5) is 44.7. The van der Waals surface area contributed by atoms with E-state index < -0.39 is 5.97 Å². The molecule has 1 amide bonds. The summed E-state index contributed by atoms with van der Waals surface area (Å²) in [7, 11) is 0. The van der Waals surface area contributed by atoms with Crippen molar-refractivity contribution in [1.29, 1.82) is 0 Å². The molecular weight excluding hydrogens is 515 g/mol. The van der Waals surface area contributed by atoms with Crippen molar-refractivity contribution in [2.75, 3.05) is 11.5 Å². The monoisotopic (exact) mass is 547 g/mol. The SMILES string of the molecule is C=CCn1c(SCC(=O)N/C2=C(\C(=O)O)C(=C)CCCCS2)nc2sc3c(c2c1=O)CCCC3.CC. The van der Waals surface area contributed by atoms with Gasteiger partial charge in [0.25, 0.3) is 5.56 Å². The Hall–Kier alpha value is -2.30. The van der Waals surface area contributed by atoms with E-state index in [2.05, 4.69) is 18.5 Å². The second kappa shape index (κ2) is 13.3. The minimum absolute atomic E-state index is 0.00359. The van der Waals surface area contributed by atoms with Gasteiger partial charge in [-0.25, -0.2) is 9.78 Å². The van der Waals surface area contributed by atoms with E-state index in [4.69, 9.17) is 4.98 Å². The lowest BCUT2D eigenvalue weighted by Gasteiger charge is -2.18. The summed E-state index contributed by atoms with van der Waals surface area (Å²) in [6.07, 6.45) is 8.13. The zero-order chi connectivity index (χ0) is 26.2. The number of aliphatic carboxylic acids is 1. The number of carboxylic acids is 1. The summed E-state index contributed by atoms with van der Waals surface area (Å²) in [6, 6.07) is 0. The number of fused-ring (bicyclic) bond motifs is 3. The van der Waals surface area contributed by atoms with Gasteiger partial charge in [0.2, 0.25) is 5.91 Å². The molecule has 1 aliphatic heterocycles. The normalized spacial score (nSPS) is 17.9. The number of hydrogen-bond acceptors (Lipinski definition) is 7. The Kier molecular flexibility index (Phi) is 10.4. The molecule has 36 heavy (non-hydrogen) atoms. The van der Waals surface area contributed by atoms with Crippen LogP contribution in [0.1, 0.15) is 56.4 Å². The number of carboxylic acid groups (broad SMARTS) is 1. The lowest BCUT2D eigenvalue weighted by atomic mass is 9.97. The van der Waals surface area contributed by atoms with Crippen molar-refractivity contribution in [2.24, 2.45) is 0 Å². The van der Waals surface area contributed by atoms with Crippen LogP contribution in [-0.2, 0) is 29.0 Å². The topological polar surface area (TPSA) is 101 Å². The molecule has 0 bridgehead atoms. The van der Waals surface area contributed by atoms with E-state index in [1.54, 1.807) is 22.0 Å². The van der Waals surface area contributed by atoms with Gasteiger partial charge in [0.15, 0.2) is 5.16 Å². The van der Waals surface area contributed by atoms with Crippen LogP contribution in [0.15, 0.2) is 45.4 Å². The summed E-state index contributed by atoms with van der Waals surface area (Å²) < 4.78 is 1.57. The molecule has 0 fully saturated rings. The molecule has 2 aromatic rings. The molecule has 0 radical (unpaired) electrons. The van der Waals surface area contributed by atoms with Crippen LogP contribution in [0.5, 0.6) is 0 Å². The highest BCUT2D eigenvalue weighted by Crippen LogP contribution is 2.35. The van der Waals surface area contributed by atoms with E-state index in [0.717, 1.165) is 54.7 Å². The van der Waals surface area contributed by atoms with Gasteiger partial charge in [-0.05, 0) is 61.8 Å². The number of nitrogens with zero attached hydrogens (tertiary/aromatic N) is 2. The van der Waals surface area contributed by atoms with Gasteiger partial charge in [-0.3, -0.25) is 14.2 Å². The summed E-state index contributed by atoms with van der Waals surface area (Å²) in [5.74, 6) is -0.697. The van der Waals surface area contributed by atoms with Gasteiger partial charge in [-0.15, -0.1) is 29.7 Å². The number of nitrogens with one attached hydrogen (secondary N) is 1. The van der Waals surface area contributed by atoms with Crippen molar-refractivity contribution in [3.05, 3.63) is 56.2 Å². The van der Waals surface area contributed by atoms with Crippen LogP contribution in [0.2, 0.25) is 0 Å². The molecule has 0 saturated carbocycles. The molecule has 0 saturated heterocycles. The first-order valence-corrected chi connectivity index (χ1v) is 15.1. The molecule has 194 valence electrons. The van der Waals surface area contributed by atoms with E-state index in [0.29, 0.717) is 34.1 Å². The van der Waals surface area contributed by atoms with Crippen molar-refractivity contribution >= 4 is 57.0 Å². The van der Waals surface area contributed by atoms with Crippen LogP contribution in [0.4, 0.5) is 0 Å². The summed E-state index contributed by atoms with van der Waals surface area (Å²) >= 11 is 4.08. The zero-order valence-electron chi connectivity index (χ0n) is 20.9. The molecule has 0 aromatic carbocycles. The van der Waals surface area contributed by atoms with Crippen LogP contribution in [0.3, 0.4) is 0 Å². The van der Waals surface area contributed by atoms with Gasteiger partial charge in [0.1, 0.15) is 4.83 Å². The maximum Gasteiger partial charge on any atom is 0.338 e. The lowest BCUT2D eigenvalue weighted by Crippen LogP contribution is -2.28. The maximum absolute atomic E-state index is 13.3. The highest BCUT2D eigenvalue weighted by Gasteiger charge is 2.24. The van der Waals surface area contributed by atoms with Gasteiger partial charge >= 0.3 is 5.97 Å². The molecule has 0 spiro atoms. The Bertz CT molecular complexity index is 1260. The first kappa shape index (κ1) is 28.3. The number of aromatic nitrogens is 2. The minimum Gasteiger partial charge on any atom is -0.478 e. The van der Waals surface area contributed by atoms with Gasteiger partial charge in [0.05, 0.1) is 21.7 Å². The standard InChI is InChI=1S/C24H27N3O4S3.C2H6/c1-3-11-27-22(29)19-15-9-4-5-10-16(15)34-21(19)26-24(27)33-13-17(28)25-20-18(23(30)31)14(2)8-6-7-12-32-20;1-2/h3H,1-2,4-13H2,(H,25,28)(H,30,31);1-2H3/b20-18+;. The fourth-order valence-electron chi connectivity index (χ4n) is 4.23. The fraction of sp³-hybridized carbons (Fsp3) is 0.462. The molecule has 3 heterocycles. The molecule has 2 aromatic heterocycles. The molecule has 7 nitrogen and oxygen atoms in total. The van der Waals surface area contributed by atoms with Crippen molar-refractivity contribution in [3.63, 3.8) is 0 Å². The van der Waals surface area contributed by atoms with Crippen LogP contribution in [0.25, 0.3) is 10.2 Å². The molecule has 0 atom stereocenters. The van der Waals surface area contributed by atoms with Crippen molar-refractivity contribution in [2.45, 2.75) is 70.5 Å². The molecule has 2 aliphatic rings. The van der Waals surface area contributed by atoms with E-state index in [1.807, 2.05) is 13.8 Å². The molecule has 1 aliphatic carbocycles. The number of allylic oxidation sites excluding steroid dienone is 1. The first-order chi connectivity index (χ1) is 17.4. The van der Waals surface area contributed by atoms with Crippen LogP contribution >= 0.6 is 34.9 Å². The number of hydrogen-bond donors (Lipinski definition) is 2. The van der Waals surface area contributed by atoms with Crippen molar-refractivity contribution in [1.82, 2.24) is 14.9 Å². The number of carbonyl (C=O) groups excluding carboxylic acids is 1. The van der Waals surface area contributed by atoms with Crippen LogP contribution in [0, 0.1) is 0 Å². The number of thiophene rings is 1. The average molecular weight is 548 g/mol. The number of amides is 1. The lowest BCUT2D eigenvalue weighted by molar-refractivity contribution is -0.132. The third kappa shape index (κ3) is 6.33. The van der Waals surface area contributed by atoms with E-state index in [1.165, 1.54) is 28.4 Å². The third-order valence-electron chi connectivity index (χ3n) is 5.85. The molecule has 10 heteroatoms. The number of carbonyl (C=O) groups is 2. The molecule has 2 N–H and O–H groups in total. The van der Waals surface area contributed by atoms with Crippen LogP contribution < -0.4 is 10.9 Å². The highest BCUT2D eigenvalue weighted by molar-refractivity contribution is 8.03. The third-order valence-corrected chi connectivity index (χ3v) is 9.10. The quantitative estimate of drug-likeness (QED) is 0.267. The number of rotatable bonds is 7. The molecule has 4 rings (SSSR count). The Balaban J connectivity index is 0.00000176. The molecular formula is C26H33N3O4S3. The highest BCUT2D eigenvalue weighted by atomic mass is 32.2. The second-order valence-electron chi connectivity index (χ2n) is 8.25. The Morgan fingerprint density at radius 3 is 2.64 bits per heavy atom. The number of thioether (sulfide) groups is 2. The summed E-state index contributed by atoms with van der Waals surface area (Å²) in [5, 5.41) is 13.9. The van der Waals surface area contributed by atoms with Gasteiger partial charge < -0.3 is 10.4 Å². The van der Waals surface area contributed by atoms with E-state index >= 15 is 0 Å². The molecule has 0 unspecified atom stereocenters. The average Bonchev–Trinajstić information content (AvgIpc) is 3.23. The largest absolute Gasteiger partial charge is 0.478 e. The summed E-state index contributed by atoms with van der Waals surface area (Å²) in [6.45, 7) is 12.0. The van der Waals surface area contributed by atoms with Crippen molar-refractivity contribution in [3.8, 4) is 0 Å². The predicted molar refractivity (Wildman–Crippen MR) is 151 cm³/mol. The minimum atomic E-state index is -1.09. The van der Waals surface area contributed by atoms with Gasteiger partial charge in [0, 0.05) is 11.4 Å². The Labute approximate surface area is 224 Å². The van der Waals surface area contributed by atoms with E-state index in [9.17, 15) is 19.5 Å². The Morgan fingerprint density at radius 1 is 1.19 bits per heavy atom. The van der Waals surface area contributed by atoms with Gasteiger partial charge in [-0.1, -0.05) is 38.3 Å². The zero-order valence-corrected chi connectivity index (χ0v) is 23.3. The van der Waals surface area contributed by atoms with Crippen molar-refractivity contribution < 1.29 is 14.7 Å². The van der Waals surface area contributed by atoms with Gasteiger partial charge in [-0.2, -0.15) is 0 Å². The first-order valence-electron chi connectivity index (χ1n) is 12.3. The smallest absolute Gasteiger partial charge is 0.338 e. The summed E-state index contributed by atoms with van der Waals surface area (Å²) in [5.41, 5.74) is 1.65. The fourth-order valence-corrected chi connectivity index (χ4v) is 7.46. The predicted octanol–water partition coefficient (Wildman–Crippen LogP) is 5.53. The van der Waals surface area contributed by atoms with E-state index in [-0.39, 0.29) is 22.8 Å². The maximum atomic E-state index is 13.3. The number of aryl methyl sites for hydroxylation is 2. The second-order valence-corrected chi connectivity index (χ2v) is 11.4. The van der Waals surface area contributed by atoms with Crippen LogP contribution in [-0.4, -0.2) is 38.0 Å².